The summed E-state index contributed by atoms with van der Waals surface area (Å²) in [5.41, 5.74) is 1.09. The first-order chi connectivity index (χ1) is 9.12. The molecule has 4 nitrogen and oxygen atoms in total. The Morgan fingerprint density at radius 1 is 1.42 bits per heavy atom. The maximum atomic E-state index is 13.5. The molecule has 0 aliphatic rings. The third-order valence-corrected chi connectivity index (χ3v) is 2.60. The van der Waals surface area contributed by atoms with Crippen LogP contribution in [0.15, 0.2) is 30.9 Å². The Kier molecular flexibility index (Phi) is 6.66. The molecule has 2 atom stereocenters. The molecule has 2 N–H and O–H groups in total. The second-order valence-corrected chi connectivity index (χ2v) is 4.10. The van der Waals surface area contributed by atoms with Gasteiger partial charge in [0.05, 0.1) is 19.8 Å². The smallest absolute Gasteiger partial charge is 0.123 e. The fourth-order valence-corrected chi connectivity index (χ4v) is 1.79. The maximum Gasteiger partial charge on any atom is 0.123 e. The summed E-state index contributed by atoms with van der Waals surface area (Å²) in [6.07, 6.45) is -0.277. The van der Waals surface area contributed by atoms with Gasteiger partial charge in [-0.15, -0.1) is 6.58 Å². The number of hydrogen-bond donors (Lipinski definition) is 2. The zero-order valence-electron chi connectivity index (χ0n) is 10.9. The van der Waals surface area contributed by atoms with Gasteiger partial charge in [0, 0.05) is 7.11 Å². The summed E-state index contributed by atoms with van der Waals surface area (Å²) >= 11 is 0. The topological polar surface area (TPSA) is 58.9 Å². The van der Waals surface area contributed by atoms with E-state index in [-0.39, 0.29) is 6.61 Å². The first-order valence-electron chi connectivity index (χ1n) is 5.92. The van der Waals surface area contributed by atoms with Crippen LogP contribution in [-0.4, -0.2) is 36.6 Å². The van der Waals surface area contributed by atoms with Crippen molar-refractivity contribution in [1.29, 1.82) is 0 Å². The van der Waals surface area contributed by atoms with E-state index in [0.29, 0.717) is 17.7 Å². The van der Waals surface area contributed by atoms with E-state index < -0.39 is 24.6 Å². The first-order valence-corrected chi connectivity index (χ1v) is 5.92. The minimum atomic E-state index is -1.10. The minimum absolute atomic E-state index is 0.239. The van der Waals surface area contributed by atoms with Gasteiger partial charge in [-0.05, 0) is 23.3 Å². The van der Waals surface area contributed by atoms with Crippen molar-refractivity contribution in [1.82, 2.24) is 0 Å². The molecule has 0 saturated heterocycles. The van der Waals surface area contributed by atoms with E-state index in [1.165, 1.54) is 19.2 Å². The molecule has 0 amide bonds. The molecule has 0 aromatic heterocycles. The van der Waals surface area contributed by atoms with Gasteiger partial charge in [-0.3, -0.25) is 0 Å². The molecule has 0 bridgehead atoms. The minimum Gasteiger partial charge on any atom is -0.394 e. The summed E-state index contributed by atoms with van der Waals surface area (Å²) in [5, 5.41) is 18.6. The zero-order valence-corrected chi connectivity index (χ0v) is 10.9. The van der Waals surface area contributed by atoms with Gasteiger partial charge in [-0.25, -0.2) is 4.39 Å². The molecular formula is C14H19FO4. The second-order valence-electron chi connectivity index (χ2n) is 4.10. The van der Waals surface area contributed by atoms with Crippen LogP contribution in [0.25, 0.3) is 0 Å². The molecule has 1 rings (SSSR count). The Balaban J connectivity index is 2.90. The van der Waals surface area contributed by atoms with E-state index in [4.69, 9.17) is 14.6 Å². The highest BCUT2D eigenvalue weighted by molar-refractivity contribution is 5.27. The van der Waals surface area contributed by atoms with Crippen LogP contribution in [-0.2, 0) is 16.1 Å². The lowest BCUT2D eigenvalue weighted by molar-refractivity contribution is -0.0394. The molecule has 1 aromatic carbocycles. The van der Waals surface area contributed by atoms with Crippen molar-refractivity contribution in [3.05, 3.63) is 47.8 Å². The van der Waals surface area contributed by atoms with Crippen molar-refractivity contribution in [3.63, 3.8) is 0 Å². The fourth-order valence-electron chi connectivity index (χ4n) is 1.79. The summed E-state index contributed by atoms with van der Waals surface area (Å²) in [5.74, 6) is -0.443. The van der Waals surface area contributed by atoms with Crippen LogP contribution in [0.2, 0.25) is 0 Å². The van der Waals surface area contributed by atoms with Crippen LogP contribution >= 0.6 is 0 Å². The lowest BCUT2D eigenvalue weighted by atomic mass is 10.0. The second kappa shape index (κ2) is 8.01. The van der Waals surface area contributed by atoms with E-state index in [9.17, 15) is 9.50 Å². The fraction of sp³-hybridized carbons (Fsp3) is 0.429. The molecule has 5 heteroatoms. The number of benzene rings is 1. The Labute approximate surface area is 112 Å². The van der Waals surface area contributed by atoms with Gasteiger partial charge in [-0.2, -0.15) is 0 Å². The van der Waals surface area contributed by atoms with E-state index in [0.717, 1.165) is 0 Å². The van der Waals surface area contributed by atoms with Crippen molar-refractivity contribution in [2.24, 2.45) is 0 Å². The SMILES string of the molecule is C=CCOCc1cc(F)cc([C@H](OC)[C@H](O)CO)c1. The van der Waals surface area contributed by atoms with E-state index in [1.54, 1.807) is 12.1 Å². The van der Waals surface area contributed by atoms with E-state index >= 15 is 0 Å². The van der Waals surface area contributed by atoms with Gasteiger partial charge in [0.2, 0.25) is 0 Å². The first kappa shape index (κ1) is 15.8. The number of hydrogen-bond acceptors (Lipinski definition) is 4. The molecule has 0 unspecified atom stereocenters. The van der Waals surface area contributed by atoms with Crippen molar-refractivity contribution >= 4 is 0 Å². The van der Waals surface area contributed by atoms with Crippen LogP contribution in [0.4, 0.5) is 4.39 Å². The average molecular weight is 270 g/mol. The molecule has 0 spiro atoms. The summed E-state index contributed by atoms with van der Waals surface area (Å²) in [6.45, 7) is 3.67. The summed E-state index contributed by atoms with van der Waals surface area (Å²) < 4.78 is 23.9. The monoisotopic (exact) mass is 270 g/mol. The molecule has 0 saturated carbocycles. The maximum absolute atomic E-state index is 13.5. The number of rotatable bonds is 8. The van der Waals surface area contributed by atoms with Crippen LogP contribution in [0.1, 0.15) is 17.2 Å². The predicted octanol–water partition coefficient (Wildman–Crippen LogP) is 1.57. The Hall–Kier alpha value is -1.27. The summed E-state index contributed by atoms with van der Waals surface area (Å²) in [7, 11) is 1.39. The summed E-state index contributed by atoms with van der Waals surface area (Å²) in [4.78, 5) is 0. The van der Waals surface area contributed by atoms with Crippen LogP contribution in [0.3, 0.4) is 0 Å². The summed E-state index contributed by atoms with van der Waals surface area (Å²) in [6, 6.07) is 4.30. The van der Waals surface area contributed by atoms with Crippen LogP contribution in [0, 0.1) is 5.82 Å². The molecule has 0 heterocycles. The third-order valence-electron chi connectivity index (χ3n) is 2.60. The molecule has 0 aliphatic carbocycles. The largest absolute Gasteiger partial charge is 0.394 e. The molecule has 1 aromatic rings. The molecule has 0 radical (unpaired) electrons. The quantitative estimate of drug-likeness (QED) is 0.556. The Morgan fingerprint density at radius 3 is 2.74 bits per heavy atom. The highest BCUT2D eigenvalue weighted by atomic mass is 19.1. The van der Waals surface area contributed by atoms with Crippen LogP contribution < -0.4 is 0 Å². The number of aliphatic hydroxyl groups is 2. The molecule has 106 valence electrons. The zero-order chi connectivity index (χ0) is 14.3. The van der Waals surface area contributed by atoms with Gasteiger partial charge >= 0.3 is 0 Å². The van der Waals surface area contributed by atoms with Gasteiger partial charge in [0.25, 0.3) is 0 Å². The van der Waals surface area contributed by atoms with Gasteiger partial charge in [-0.1, -0.05) is 12.1 Å². The predicted molar refractivity (Wildman–Crippen MR) is 69.1 cm³/mol. The number of methoxy groups -OCH3 is 1. The number of ether oxygens (including phenoxy) is 2. The molecule has 19 heavy (non-hydrogen) atoms. The molecule has 0 fully saturated rings. The molecular weight excluding hydrogens is 251 g/mol. The third kappa shape index (κ3) is 4.72. The Morgan fingerprint density at radius 2 is 2.16 bits per heavy atom. The van der Waals surface area contributed by atoms with Gasteiger partial charge in [0.1, 0.15) is 18.0 Å². The molecule has 0 aliphatic heterocycles. The highest BCUT2D eigenvalue weighted by Gasteiger charge is 2.21. The van der Waals surface area contributed by atoms with E-state index in [2.05, 4.69) is 6.58 Å². The Bertz CT molecular complexity index is 408. The highest BCUT2D eigenvalue weighted by Crippen LogP contribution is 2.23. The van der Waals surface area contributed by atoms with E-state index in [1.807, 2.05) is 0 Å². The average Bonchev–Trinajstić information content (AvgIpc) is 2.39. The van der Waals surface area contributed by atoms with Crippen LogP contribution in [0.5, 0.6) is 0 Å². The van der Waals surface area contributed by atoms with Crippen molar-refractivity contribution < 1.29 is 24.1 Å². The lowest BCUT2D eigenvalue weighted by Gasteiger charge is -2.21. The van der Waals surface area contributed by atoms with Crippen molar-refractivity contribution in [3.8, 4) is 0 Å². The van der Waals surface area contributed by atoms with Gasteiger partial charge in [0.15, 0.2) is 0 Å². The standard InChI is InChI=1S/C14H19FO4/c1-3-4-19-9-10-5-11(7-12(15)6-10)14(18-2)13(17)8-16/h3,5-7,13-14,16-17H,1,4,8-9H2,2H3/t13-,14+/m1/s1. The van der Waals surface area contributed by atoms with Crippen molar-refractivity contribution in [2.45, 2.75) is 18.8 Å². The van der Waals surface area contributed by atoms with Gasteiger partial charge < -0.3 is 19.7 Å². The lowest BCUT2D eigenvalue weighted by Crippen LogP contribution is -2.24. The number of halogens is 1. The van der Waals surface area contributed by atoms with Crippen molar-refractivity contribution in [2.75, 3.05) is 20.3 Å². The number of aliphatic hydroxyl groups excluding tert-OH is 2. The normalized spacial score (nSPS) is 14.1.